The smallest absolute Gasteiger partial charge is 0.297 e. The van der Waals surface area contributed by atoms with Gasteiger partial charge in [0.05, 0.1) is 0 Å². The summed E-state index contributed by atoms with van der Waals surface area (Å²) in [6, 6.07) is 1.32. The fourth-order valence-electron chi connectivity index (χ4n) is 1.80. The molecule has 0 atom stereocenters. The first kappa shape index (κ1) is 16.0. The van der Waals surface area contributed by atoms with Gasteiger partial charge in [-0.2, -0.15) is 9.97 Å². The van der Waals surface area contributed by atoms with Crippen LogP contribution in [0.1, 0.15) is 32.9 Å². The van der Waals surface area contributed by atoms with E-state index in [1.807, 2.05) is 0 Å². The Labute approximate surface area is 139 Å². The molecule has 3 aromatic heterocycles. The van der Waals surface area contributed by atoms with Crippen LogP contribution in [0.4, 0.5) is 17.6 Å². The fraction of sp³-hybridized carbons (Fsp3) is 0.167. The predicted octanol–water partition coefficient (Wildman–Crippen LogP) is -0.584. The Balaban J connectivity index is 1.76. The Morgan fingerprint density at radius 1 is 0.920 bits per heavy atom. The van der Waals surface area contributed by atoms with Gasteiger partial charge >= 0.3 is 0 Å². The molecule has 3 rings (SSSR count). The van der Waals surface area contributed by atoms with Crippen LogP contribution >= 0.6 is 0 Å². The average Bonchev–Trinajstić information content (AvgIpc) is 3.15. The van der Waals surface area contributed by atoms with Crippen molar-refractivity contribution in [2.45, 2.75) is 13.8 Å². The molecule has 0 aliphatic carbocycles. The number of nitrogens with one attached hydrogen (secondary N) is 4. The van der Waals surface area contributed by atoms with E-state index in [0.717, 1.165) is 0 Å². The molecular formula is C12H13N11O2. The number of anilines is 3. The van der Waals surface area contributed by atoms with Gasteiger partial charge in [-0.25, -0.2) is 9.97 Å². The van der Waals surface area contributed by atoms with Gasteiger partial charge in [-0.3, -0.25) is 25.1 Å². The third kappa shape index (κ3) is 3.72. The number of aryl methyl sites for hydroxylation is 2. The van der Waals surface area contributed by atoms with Crippen molar-refractivity contribution in [2.75, 3.05) is 16.4 Å². The molecule has 2 amide bonds. The van der Waals surface area contributed by atoms with Crippen LogP contribution in [-0.4, -0.2) is 52.1 Å². The van der Waals surface area contributed by atoms with Gasteiger partial charge in [0.25, 0.3) is 11.8 Å². The highest BCUT2D eigenvalue weighted by molar-refractivity contribution is 6.02. The van der Waals surface area contributed by atoms with E-state index in [4.69, 9.17) is 5.73 Å². The topological polar surface area (TPSA) is 193 Å². The van der Waals surface area contributed by atoms with E-state index < -0.39 is 11.8 Å². The third-order valence-electron chi connectivity index (χ3n) is 2.81. The first-order valence-corrected chi connectivity index (χ1v) is 6.96. The van der Waals surface area contributed by atoms with Gasteiger partial charge in [-0.15, -0.1) is 10.2 Å². The molecule has 0 spiro atoms. The van der Waals surface area contributed by atoms with Gasteiger partial charge in [-0.1, -0.05) is 0 Å². The summed E-state index contributed by atoms with van der Waals surface area (Å²) in [4.78, 5) is 39.7. The van der Waals surface area contributed by atoms with Crippen molar-refractivity contribution in [3.8, 4) is 0 Å². The minimum atomic E-state index is -0.628. The van der Waals surface area contributed by atoms with Crippen LogP contribution in [0.3, 0.4) is 0 Å². The summed E-state index contributed by atoms with van der Waals surface area (Å²) < 4.78 is 0. The molecule has 0 aromatic carbocycles. The number of hydrogen-bond donors (Lipinski definition) is 5. The Bertz CT molecular complexity index is 872. The molecule has 3 heterocycles. The van der Waals surface area contributed by atoms with Crippen LogP contribution in [0.25, 0.3) is 0 Å². The van der Waals surface area contributed by atoms with Crippen LogP contribution < -0.4 is 16.4 Å². The van der Waals surface area contributed by atoms with Gasteiger partial charge in [0, 0.05) is 6.07 Å². The lowest BCUT2D eigenvalue weighted by atomic mass is 10.4. The minimum absolute atomic E-state index is 0.0398. The summed E-state index contributed by atoms with van der Waals surface area (Å²) in [5, 5.41) is 17.4. The molecule has 13 heteroatoms. The van der Waals surface area contributed by atoms with Gasteiger partial charge in [0.15, 0.2) is 0 Å². The maximum Gasteiger partial charge on any atom is 0.297 e. The van der Waals surface area contributed by atoms with E-state index in [-0.39, 0.29) is 29.2 Å². The molecule has 0 bridgehead atoms. The maximum absolute atomic E-state index is 12.0. The van der Waals surface area contributed by atoms with Crippen LogP contribution in [0.15, 0.2) is 6.07 Å². The average molecular weight is 343 g/mol. The van der Waals surface area contributed by atoms with Crippen molar-refractivity contribution in [2.24, 2.45) is 0 Å². The predicted molar refractivity (Wildman–Crippen MR) is 84.6 cm³/mol. The minimum Gasteiger partial charge on any atom is -0.383 e. The molecule has 0 saturated carbocycles. The van der Waals surface area contributed by atoms with Gasteiger partial charge in [-0.05, 0) is 13.8 Å². The number of rotatable bonds is 4. The normalized spacial score (nSPS) is 10.5. The summed E-state index contributed by atoms with van der Waals surface area (Å²) in [5.74, 6) is -0.397. The van der Waals surface area contributed by atoms with E-state index in [0.29, 0.717) is 11.6 Å². The summed E-state index contributed by atoms with van der Waals surface area (Å²) in [5.41, 5.74) is 5.67. The number of H-pyrrole nitrogens is 2. The maximum atomic E-state index is 12.0. The quantitative estimate of drug-likeness (QED) is 0.411. The zero-order chi connectivity index (χ0) is 18.0. The number of nitrogens with two attached hydrogens (primary N) is 1. The molecular weight excluding hydrogens is 330 g/mol. The standard InChI is InChI=1S/C12H13N11O2/c1-4-14-8(22-20-4)10(24)17-7-3-6(13)16-12(18-7)19-11(25)9-15-5(2)21-23-9/h3H,1-2H3,(H,14,20,22)(H,15,21,23)(H4,13,16,17,18,19,24,25). The van der Waals surface area contributed by atoms with Crippen LogP contribution in [-0.2, 0) is 0 Å². The highest BCUT2D eigenvalue weighted by Crippen LogP contribution is 2.13. The number of nitrogen functional groups attached to an aromatic ring is 1. The van der Waals surface area contributed by atoms with Crippen molar-refractivity contribution in [1.29, 1.82) is 0 Å². The van der Waals surface area contributed by atoms with E-state index in [1.165, 1.54) is 6.07 Å². The van der Waals surface area contributed by atoms with E-state index in [1.54, 1.807) is 13.8 Å². The monoisotopic (exact) mass is 343 g/mol. The van der Waals surface area contributed by atoms with Crippen molar-refractivity contribution < 1.29 is 9.59 Å². The first-order chi connectivity index (χ1) is 11.9. The molecule has 6 N–H and O–H groups in total. The summed E-state index contributed by atoms with van der Waals surface area (Å²) in [7, 11) is 0. The molecule has 0 radical (unpaired) electrons. The molecule has 0 unspecified atom stereocenters. The Morgan fingerprint density at radius 3 is 2.00 bits per heavy atom. The number of carbonyl (C=O) groups excluding carboxylic acids is 2. The Morgan fingerprint density at radius 2 is 1.48 bits per heavy atom. The van der Waals surface area contributed by atoms with Crippen molar-refractivity contribution >= 4 is 29.4 Å². The number of nitrogens with zero attached hydrogens (tertiary/aromatic N) is 6. The van der Waals surface area contributed by atoms with E-state index in [9.17, 15) is 9.59 Å². The molecule has 13 nitrogen and oxygen atoms in total. The highest BCUT2D eigenvalue weighted by atomic mass is 16.2. The van der Waals surface area contributed by atoms with Gasteiger partial charge in [0.2, 0.25) is 17.6 Å². The zero-order valence-corrected chi connectivity index (χ0v) is 13.2. The first-order valence-electron chi connectivity index (χ1n) is 6.96. The van der Waals surface area contributed by atoms with Crippen molar-refractivity contribution in [3.05, 3.63) is 29.4 Å². The number of amides is 2. The molecule has 3 aromatic rings. The summed E-state index contributed by atoms with van der Waals surface area (Å²) in [6.07, 6.45) is 0. The number of aromatic amines is 2. The fourth-order valence-corrected chi connectivity index (χ4v) is 1.80. The molecule has 128 valence electrons. The Kier molecular flexibility index (Phi) is 4.03. The second-order valence-corrected chi connectivity index (χ2v) is 4.90. The molecule has 0 fully saturated rings. The number of carbonyl (C=O) groups is 2. The van der Waals surface area contributed by atoms with Crippen LogP contribution in [0, 0.1) is 13.8 Å². The van der Waals surface area contributed by atoms with Crippen LogP contribution in [0.5, 0.6) is 0 Å². The number of aromatic nitrogens is 8. The van der Waals surface area contributed by atoms with Gasteiger partial charge < -0.3 is 11.1 Å². The van der Waals surface area contributed by atoms with E-state index in [2.05, 4.69) is 51.0 Å². The summed E-state index contributed by atoms with van der Waals surface area (Å²) >= 11 is 0. The largest absolute Gasteiger partial charge is 0.383 e. The van der Waals surface area contributed by atoms with Gasteiger partial charge in [0.1, 0.15) is 23.3 Å². The highest BCUT2D eigenvalue weighted by Gasteiger charge is 2.16. The lowest BCUT2D eigenvalue weighted by molar-refractivity contribution is 0.101. The molecule has 25 heavy (non-hydrogen) atoms. The van der Waals surface area contributed by atoms with Crippen LogP contribution in [0.2, 0.25) is 0 Å². The molecule has 0 saturated heterocycles. The van der Waals surface area contributed by atoms with Crippen molar-refractivity contribution in [3.63, 3.8) is 0 Å². The second-order valence-electron chi connectivity index (χ2n) is 4.90. The summed E-state index contributed by atoms with van der Waals surface area (Å²) in [6.45, 7) is 3.31. The lowest BCUT2D eigenvalue weighted by Gasteiger charge is -2.06. The second kappa shape index (κ2) is 6.31. The Hall–Kier alpha value is -3.90. The zero-order valence-electron chi connectivity index (χ0n) is 13.2. The van der Waals surface area contributed by atoms with E-state index >= 15 is 0 Å². The molecule has 0 aliphatic rings. The number of hydrogen-bond acceptors (Lipinski definition) is 9. The van der Waals surface area contributed by atoms with Crippen molar-refractivity contribution in [1.82, 2.24) is 40.3 Å². The lowest BCUT2D eigenvalue weighted by Crippen LogP contribution is -2.19. The third-order valence-corrected chi connectivity index (χ3v) is 2.81. The SMILES string of the molecule is Cc1nc(C(=O)Nc2cc(N)nc(NC(=O)c3n[nH]c(C)n3)n2)n[nH]1. The molecule has 0 aliphatic heterocycles.